The Kier molecular flexibility index (Phi) is 6.69. The molecule has 154 valence electrons. The number of amides is 2. The van der Waals surface area contributed by atoms with E-state index in [2.05, 4.69) is 15.4 Å². The summed E-state index contributed by atoms with van der Waals surface area (Å²) in [6, 6.07) is 17.4. The number of halogens is 3. The van der Waals surface area contributed by atoms with E-state index in [1.807, 2.05) is 0 Å². The van der Waals surface area contributed by atoms with Gasteiger partial charge in [-0.05, 0) is 48.5 Å². The third-order valence-electron chi connectivity index (χ3n) is 4.12. The van der Waals surface area contributed by atoms with Crippen LogP contribution in [0.3, 0.4) is 0 Å². The number of carbonyl (C=O) groups is 2. The predicted molar refractivity (Wildman–Crippen MR) is 105 cm³/mol. The van der Waals surface area contributed by atoms with Gasteiger partial charge in [-0.1, -0.05) is 24.3 Å². The molecule has 8 heteroatoms. The van der Waals surface area contributed by atoms with Crippen molar-refractivity contribution in [1.29, 1.82) is 0 Å². The lowest BCUT2D eigenvalue weighted by Gasteiger charge is -2.12. The van der Waals surface area contributed by atoms with Crippen molar-refractivity contribution >= 4 is 17.5 Å². The Morgan fingerprint density at radius 2 is 1.60 bits per heavy atom. The number of benzene rings is 3. The van der Waals surface area contributed by atoms with E-state index in [4.69, 9.17) is 0 Å². The second-order valence-electron chi connectivity index (χ2n) is 6.21. The van der Waals surface area contributed by atoms with Gasteiger partial charge in [-0.3, -0.25) is 9.59 Å². The molecule has 0 unspecified atom stereocenters. The first-order valence-electron chi connectivity index (χ1n) is 8.90. The molecule has 3 aromatic carbocycles. The molecule has 0 aliphatic carbocycles. The van der Waals surface area contributed by atoms with Crippen molar-refractivity contribution < 1.29 is 27.5 Å². The van der Waals surface area contributed by atoms with Gasteiger partial charge in [-0.2, -0.15) is 8.78 Å². The van der Waals surface area contributed by atoms with E-state index < -0.39 is 24.2 Å². The first kappa shape index (κ1) is 20.9. The summed E-state index contributed by atoms with van der Waals surface area (Å²) in [5.74, 6) is -1.38. The van der Waals surface area contributed by atoms with Crippen molar-refractivity contribution in [2.45, 2.75) is 13.2 Å². The zero-order valence-corrected chi connectivity index (χ0v) is 15.6. The molecule has 0 bridgehead atoms. The molecule has 0 heterocycles. The average molecular weight is 414 g/mol. The van der Waals surface area contributed by atoms with Gasteiger partial charge in [0.15, 0.2) is 0 Å². The largest absolute Gasteiger partial charge is 0.434 e. The minimum Gasteiger partial charge on any atom is -0.434 e. The molecule has 0 aliphatic heterocycles. The van der Waals surface area contributed by atoms with Crippen LogP contribution in [-0.2, 0) is 6.54 Å². The molecule has 3 rings (SSSR count). The minimum atomic E-state index is -2.97. The van der Waals surface area contributed by atoms with Gasteiger partial charge in [0.2, 0.25) is 0 Å². The highest BCUT2D eigenvalue weighted by molar-refractivity contribution is 6.05. The van der Waals surface area contributed by atoms with Gasteiger partial charge in [0.1, 0.15) is 11.6 Å². The SMILES string of the molecule is O=C(NCc1ccccc1OC(F)F)c1cccc(NC(=O)c2ccc(F)cc2)c1. The summed E-state index contributed by atoms with van der Waals surface area (Å²) in [4.78, 5) is 24.7. The molecule has 2 N–H and O–H groups in total. The highest BCUT2D eigenvalue weighted by Crippen LogP contribution is 2.20. The van der Waals surface area contributed by atoms with Gasteiger partial charge >= 0.3 is 6.61 Å². The van der Waals surface area contributed by atoms with Crippen LogP contribution >= 0.6 is 0 Å². The highest BCUT2D eigenvalue weighted by Gasteiger charge is 2.12. The lowest BCUT2D eigenvalue weighted by molar-refractivity contribution is -0.0504. The molecule has 0 radical (unpaired) electrons. The summed E-state index contributed by atoms with van der Waals surface area (Å²) in [5.41, 5.74) is 1.30. The van der Waals surface area contributed by atoms with Gasteiger partial charge in [-0.25, -0.2) is 4.39 Å². The van der Waals surface area contributed by atoms with E-state index in [9.17, 15) is 22.8 Å². The molecule has 2 amide bonds. The Labute approximate surface area is 170 Å². The molecule has 5 nitrogen and oxygen atoms in total. The Morgan fingerprint density at radius 3 is 2.33 bits per heavy atom. The molecule has 0 aromatic heterocycles. The van der Waals surface area contributed by atoms with Crippen LogP contribution in [-0.4, -0.2) is 18.4 Å². The van der Waals surface area contributed by atoms with E-state index >= 15 is 0 Å². The van der Waals surface area contributed by atoms with Crippen LogP contribution in [0, 0.1) is 5.82 Å². The summed E-state index contributed by atoms with van der Waals surface area (Å²) in [6.07, 6.45) is 0. The summed E-state index contributed by atoms with van der Waals surface area (Å²) in [7, 11) is 0. The summed E-state index contributed by atoms with van der Waals surface area (Å²) in [6.45, 7) is -2.99. The van der Waals surface area contributed by atoms with Crippen LogP contribution in [0.5, 0.6) is 5.75 Å². The van der Waals surface area contributed by atoms with E-state index in [0.29, 0.717) is 11.3 Å². The van der Waals surface area contributed by atoms with E-state index in [0.717, 1.165) is 0 Å². The minimum absolute atomic E-state index is 0.0199. The number of hydrogen-bond acceptors (Lipinski definition) is 3. The summed E-state index contributed by atoms with van der Waals surface area (Å²) >= 11 is 0. The molecule has 3 aromatic rings. The number of para-hydroxylation sites is 1. The molecule has 0 fully saturated rings. The molecule has 0 aliphatic rings. The van der Waals surface area contributed by atoms with Crippen LogP contribution < -0.4 is 15.4 Å². The zero-order chi connectivity index (χ0) is 21.5. The predicted octanol–water partition coefficient (Wildman–Crippen LogP) is 4.61. The van der Waals surface area contributed by atoms with E-state index in [1.54, 1.807) is 36.4 Å². The topological polar surface area (TPSA) is 67.4 Å². The third-order valence-corrected chi connectivity index (χ3v) is 4.12. The van der Waals surface area contributed by atoms with Crippen LogP contribution in [0.1, 0.15) is 26.3 Å². The molecule has 0 saturated heterocycles. The van der Waals surface area contributed by atoms with Crippen molar-refractivity contribution in [3.8, 4) is 5.75 Å². The fourth-order valence-electron chi connectivity index (χ4n) is 2.68. The smallest absolute Gasteiger partial charge is 0.387 e. The maximum absolute atomic E-state index is 13.0. The molecular weight excluding hydrogens is 397 g/mol. The molecule has 0 spiro atoms. The number of alkyl halides is 2. The fraction of sp³-hybridized carbons (Fsp3) is 0.0909. The summed E-state index contributed by atoms with van der Waals surface area (Å²) in [5, 5.41) is 5.26. The van der Waals surface area contributed by atoms with Crippen molar-refractivity contribution in [1.82, 2.24) is 5.32 Å². The standard InChI is InChI=1S/C22H17F3N2O3/c23-17-10-8-14(9-11-17)21(29)27-18-6-3-5-15(12-18)20(28)26-13-16-4-1-2-7-19(16)30-22(24)25/h1-12,22H,13H2,(H,26,28)(H,27,29). The molecular formula is C22H17F3N2O3. The normalized spacial score (nSPS) is 10.5. The van der Waals surface area contributed by atoms with Crippen LogP contribution in [0.2, 0.25) is 0 Å². The van der Waals surface area contributed by atoms with Crippen LogP contribution in [0.4, 0.5) is 18.9 Å². The maximum atomic E-state index is 13.0. The zero-order valence-electron chi connectivity index (χ0n) is 15.6. The Morgan fingerprint density at radius 1 is 0.867 bits per heavy atom. The number of anilines is 1. The third kappa shape index (κ3) is 5.60. The van der Waals surface area contributed by atoms with Crippen molar-refractivity contribution in [3.63, 3.8) is 0 Å². The summed E-state index contributed by atoms with van der Waals surface area (Å²) < 4.78 is 42.4. The molecule has 30 heavy (non-hydrogen) atoms. The average Bonchev–Trinajstić information content (AvgIpc) is 2.73. The number of rotatable bonds is 7. The second-order valence-corrected chi connectivity index (χ2v) is 6.21. The number of ether oxygens (including phenoxy) is 1. The van der Waals surface area contributed by atoms with Gasteiger partial charge in [0, 0.05) is 28.9 Å². The molecule has 0 atom stereocenters. The van der Waals surface area contributed by atoms with E-state index in [-0.39, 0.29) is 23.4 Å². The monoisotopic (exact) mass is 414 g/mol. The van der Waals surface area contributed by atoms with Gasteiger partial charge in [0.25, 0.3) is 11.8 Å². The Hall–Kier alpha value is -3.81. The number of nitrogens with one attached hydrogen (secondary N) is 2. The number of hydrogen-bond donors (Lipinski definition) is 2. The van der Waals surface area contributed by atoms with Gasteiger partial charge < -0.3 is 15.4 Å². The second kappa shape index (κ2) is 9.60. The van der Waals surface area contributed by atoms with Gasteiger partial charge in [0.05, 0.1) is 0 Å². The first-order chi connectivity index (χ1) is 14.4. The first-order valence-corrected chi connectivity index (χ1v) is 8.90. The van der Waals surface area contributed by atoms with Crippen LogP contribution in [0.25, 0.3) is 0 Å². The van der Waals surface area contributed by atoms with Crippen molar-refractivity contribution in [2.75, 3.05) is 5.32 Å². The van der Waals surface area contributed by atoms with E-state index in [1.165, 1.54) is 36.4 Å². The lowest BCUT2D eigenvalue weighted by Crippen LogP contribution is -2.23. The Bertz CT molecular complexity index is 1040. The highest BCUT2D eigenvalue weighted by atomic mass is 19.3. The quantitative estimate of drug-likeness (QED) is 0.593. The Balaban J connectivity index is 1.65. The lowest BCUT2D eigenvalue weighted by atomic mass is 10.1. The van der Waals surface area contributed by atoms with Gasteiger partial charge in [-0.15, -0.1) is 0 Å². The van der Waals surface area contributed by atoms with Crippen LogP contribution in [0.15, 0.2) is 72.8 Å². The maximum Gasteiger partial charge on any atom is 0.387 e. The van der Waals surface area contributed by atoms with Crippen molar-refractivity contribution in [3.05, 3.63) is 95.3 Å². The number of carbonyl (C=O) groups excluding carboxylic acids is 2. The molecule has 0 saturated carbocycles. The fourth-order valence-corrected chi connectivity index (χ4v) is 2.68. The van der Waals surface area contributed by atoms with Crippen molar-refractivity contribution in [2.24, 2.45) is 0 Å².